The third-order valence-corrected chi connectivity index (χ3v) is 9.86. The Morgan fingerprint density at radius 1 is 1.05 bits per heavy atom. The van der Waals surface area contributed by atoms with Crippen molar-refractivity contribution in [2.24, 2.45) is 11.8 Å². The van der Waals surface area contributed by atoms with Crippen molar-refractivity contribution < 1.29 is 41.6 Å². The van der Waals surface area contributed by atoms with Gasteiger partial charge in [0.15, 0.2) is 5.78 Å². The van der Waals surface area contributed by atoms with E-state index in [9.17, 15) is 9.59 Å². The maximum Gasteiger partial charge on any atom is 0.305 e. The van der Waals surface area contributed by atoms with Gasteiger partial charge in [-0.2, -0.15) is 0 Å². The van der Waals surface area contributed by atoms with Crippen molar-refractivity contribution in [1.82, 2.24) is 9.97 Å². The summed E-state index contributed by atoms with van der Waals surface area (Å²) in [5.74, 6) is 0.0988. The summed E-state index contributed by atoms with van der Waals surface area (Å²) in [6, 6.07) is -0.514. The molecule has 5 heterocycles. The molecule has 8 heteroatoms. The van der Waals surface area contributed by atoms with Gasteiger partial charge in [0.05, 0.1) is 7.11 Å². The van der Waals surface area contributed by atoms with Gasteiger partial charge in [-0.15, -0.1) is 51.7 Å². The van der Waals surface area contributed by atoms with Gasteiger partial charge in [-0.25, -0.2) is 0 Å². The van der Waals surface area contributed by atoms with Crippen LogP contribution in [0, 0.1) is 25.7 Å². The number of Topliss-reactive ketones (excluding diaryl/α,β-unsaturated/α-hetero) is 1. The average molecular weight is 663 g/mol. The molecule has 2 aromatic heterocycles. The van der Waals surface area contributed by atoms with Gasteiger partial charge >= 0.3 is 5.97 Å². The molecule has 7 nitrogen and oxygen atoms in total. The molecule has 1 aliphatic carbocycles. The minimum atomic E-state index is -0.229. The summed E-state index contributed by atoms with van der Waals surface area (Å²) in [6.07, 6.45) is 10.5. The van der Waals surface area contributed by atoms with Crippen LogP contribution in [0.3, 0.4) is 0 Å². The summed E-state index contributed by atoms with van der Waals surface area (Å²) >= 11 is 0. The summed E-state index contributed by atoms with van der Waals surface area (Å²) in [4.78, 5) is 35.8. The van der Waals surface area contributed by atoms with Crippen molar-refractivity contribution in [1.29, 1.82) is 0 Å². The topological polar surface area (TPSA) is 99.8 Å². The van der Waals surface area contributed by atoms with Gasteiger partial charge in [-0.05, 0) is 39.2 Å². The third kappa shape index (κ3) is 4.95. The van der Waals surface area contributed by atoms with E-state index in [0.29, 0.717) is 19.3 Å². The third-order valence-electron chi connectivity index (χ3n) is 9.86. The Morgan fingerprint density at radius 2 is 1.76 bits per heavy atom. The number of rotatable bonds is 5. The van der Waals surface area contributed by atoms with Crippen molar-refractivity contribution >= 4 is 41.6 Å². The predicted octanol–water partition coefficient (Wildman–Crippen LogP) is 2.83. The Bertz CT molecular complexity index is 1740. The number of fused-ring (bicyclic) bond motifs is 8. The Kier molecular flexibility index (Phi) is 8.76. The van der Waals surface area contributed by atoms with Crippen LogP contribution in [0.1, 0.15) is 73.5 Å². The first-order valence-electron chi connectivity index (χ1n) is 14.7. The number of hydrogen-bond acceptors (Lipinski definition) is 3. The molecular formula is C34H38CdN4O3-4. The molecule has 4 aliphatic rings. The van der Waals surface area contributed by atoms with Crippen molar-refractivity contribution in [2.75, 3.05) is 7.11 Å². The molecule has 0 N–H and O–H groups in total. The second-order valence-electron chi connectivity index (χ2n) is 11.9. The molecule has 6 atom stereocenters. The first-order chi connectivity index (χ1) is 19.7. The summed E-state index contributed by atoms with van der Waals surface area (Å²) < 4.78 is 4.97. The van der Waals surface area contributed by atoms with Crippen LogP contribution in [0.4, 0.5) is 0 Å². The van der Waals surface area contributed by atoms with E-state index >= 15 is 0 Å². The minimum absolute atomic E-state index is 0. The second-order valence-corrected chi connectivity index (χ2v) is 11.9. The van der Waals surface area contributed by atoms with Gasteiger partial charge in [0.25, 0.3) is 0 Å². The summed E-state index contributed by atoms with van der Waals surface area (Å²) in [6.45, 7) is 14.7. The number of hydrogen-bond donors (Lipinski definition) is 0. The molecule has 0 spiro atoms. The van der Waals surface area contributed by atoms with Crippen molar-refractivity contribution in [3.63, 3.8) is 0 Å². The van der Waals surface area contributed by atoms with Crippen LogP contribution in [-0.2, 0) is 36.8 Å². The summed E-state index contributed by atoms with van der Waals surface area (Å²) in [5.41, 5.74) is 7.27. The van der Waals surface area contributed by atoms with Crippen LogP contribution in [0.2, 0.25) is 0 Å². The van der Waals surface area contributed by atoms with E-state index in [1.54, 1.807) is 0 Å². The number of carbonyl (C=O) groups excluding carboxylic acids is 2. The van der Waals surface area contributed by atoms with Gasteiger partial charge < -0.3 is 25.3 Å². The van der Waals surface area contributed by atoms with Gasteiger partial charge in [-0.3, -0.25) is 9.59 Å². The van der Waals surface area contributed by atoms with Gasteiger partial charge in [-0.1, -0.05) is 78.3 Å². The molecule has 3 aliphatic heterocycles. The number of methoxy groups -OCH3 is 1. The maximum atomic E-state index is 13.4. The molecule has 218 valence electrons. The summed E-state index contributed by atoms with van der Waals surface area (Å²) in [5, 5.41) is 13.9. The molecule has 0 aromatic carbocycles. The monoisotopic (exact) mass is 664 g/mol. The zero-order chi connectivity index (χ0) is 29.2. The van der Waals surface area contributed by atoms with E-state index in [1.807, 2.05) is 13.0 Å². The Labute approximate surface area is 267 Å². The van der Waals surface area contributed by atoms with Gasteiger partial charge in [0.1, 0.15) is 0 Å². The largest absolute Gasteiger partial charge is 0.658 e. The first-order valence-corrected chi connectivity index (χ1v) is 14.7. The molecule has 0 radical (unpaired) electrons. The fraction of sp³-hybridized carbons (Fsp3) is 0.471. The van der Waals surface area contributed by atoms with E-state index in [-0.39, 0.29) is 75.1 Å². The Morgan fingerprint density at radius 3 is 2.45 bits per heavy atom. The van der Waals surface area contributed by atoms with E-state index in [0.717, 1.165) is 55.6 Å². The molecule has 8 bridgehead atoms. The van der Waals surface area contributed by atoms with Crippen LogP contribution in [-0.4, -0.2) is 43.0 Å². The summed E-state index contributed by atoms with van der Waals surface area (Å²) in [7, 11) is 1.42. The van der Waals surface area contributed by atoms with Crippen molar-refractivity contribution in [3.05, 3.63) is 72.0 Å². The smallest absolute Gasteiger partial charge is 0.305 e. The maximum absolute atomic E-state index is 13.4. The van der Waals surface area contributed by atoms with E-state index < -0.39 is 0 Å². The second kappa shape index (κ2) is 11.9. The molecular weight excluding hydrogens is 625 g/mol. The molecule has 6 unspecified atom stereocenters. The number of carbonyl (C=O) groups is 2. The number of ether oxygens (including phenoxy) is 1. The van der Waals surface area contributed by atoms with E-state index in [1.165, 1.54) is 18.3 Å². The molecule has 42 heavy (non-hydrogen) atoms. The van der Waals surface area contributed by atoms with Crippen molar-refractivity contribution in [2.45, 2.75) is 84.5 Å². The van der Waals surface area contributed by atoms with Gasteiger partial charge in [0, 0.05) is 45.7 Å². The van der Waals surface area contributed by atoms with Crippen LogP contribution in [0.15, 0.2) is 17.7 Å². The molecule has 1 fully saturated rings. The molecule has 6 rings (SSSR count). The Balaban J connectivity index is 0.00000353. The first kappa shape index (κ1) is 30.9. The van der Waals surface area contributed by atoms with Crippen LogP contribution >= 0.6 is 0 Å². The van der Waals surface area contributed by atoms with Crippen molar-refractivity contribution in [3.8, 4) is 0 Å². The number of nitrogens with zero attached hydrogens (tertiary/aromatic N) is 4. The fourth-order valence-electron chi connectivity index (χ4n) is 7.42. The quantitative estimate of drug-likeness (QED) is 0.279. The minimum Gasteiger partial charge on any atom is -0.658 e. The fourth-order valence-corrected chi connectivity index (χ4v) is 7.42. The average Bonchev–Trinajstić information content (AvgIpc) is 3.70. The standard InChI is InChI=1S/C34H38N4O3.Cd/c1-8-20-16(3)24-13-26-18(5)22(10-11-31(40)41-7)33(37-26)23-12-30(39)32-19(6)27(38-34(23)32)15-29-21(9-2)17(4)25(36-29)14-28(20)35-24;/h8,13-15,18,22,25-26,29,33H,1,9-12H2,2-7H3;/q-4;/b24-13-,27-15-,28-14-;. The van der Waals surface area contributed by atoms with E-state index in [2.05, 4.69) is 52.5 Å². The number of esters is 1. The Hall–Kier alpha value is -2.50. The van der Waals surface area contributed by atoms with Crippen LogP contribution < -0.4 is 31.4 Å². The molecule has 0 amide bonds. The normalized spacial score (nSPS) is 30.2. The van der Waals surface area contributed by atoms with Gasteiger partial charge in [0.2, 0.25) is 0 Å². The van der Waals surface area contributed by atoms with Crippen LogP contribution in [0.5, 0.6) is 0 Å². The molecule has 0 saturated carbocycles. The van der Waals surface area contributed by atoms with E-state index in [4.69, 9.17) is 25.3 Å². The molecule has 1 saturated heterocycles. The zero-order valence-corrected chi connectivity index (χ0v) is 29.6. The predicted molar refractivity (Wildman–Crippen MR) is 162 cm³/mol. The number of aromatic nitrogens is 2. The number of ketones is 1. The zero-order valence-electron chi connectivity index (χ0n) is 25.5. The molecule has 2 aromatic rings. The van der Waals surface area contributed by atoms with Crippen LogP contribution in [0.25, 0.3) is 40.5 Å². The SMILES string of the molecule is C=Cc1c(C)/c2[n-]/c1=C\C1[N-]C(/C=c3\[n-]c4c(c3C)C(=O)CC=4C3[N-]C(\C=2)C(C)C3CCC(=O)OC)C(CC)=C1C.[Cd].